The number of piperidine rings is 1. The number of aryl methyl sites for hydroxylation is 1. The summed E-state index contributed by atoms with van der Waals surface area (Å²) in [5.41, 5.74) is 7.09. The molecule has 0 saturated carbocycles. The third-order valence-electron chi connectivity index (χ3n) is 3.23. The number of carbonyl (C=O) groups is 1. The number of carboxylic acids is 1. The molecule has 3 N–H and O–H groups in total. The van der Waals surface area contributed by atoms with E-state index in [1.807, 2.05) is 4.90 Å². The van der Waals surface area contributed by atoms with Gasteiger partial charge in [0.2, 0.25) is 5.28 Å². The minimum atomic E-state index is -0.737. The van der Waals surface area contributed by atoms with Gasteiger partial charge in [-0.25, -0.2) is 4.98 Å². The Hall–Kier alpha value is -1.56. The van der Waals surface area contributed by atoms with Crippen molar-refractivity contribution in [1.82, 2.24) is 9.97 Å². The summed E-state index contributed by atoms with van der Waals surface area (Å²) in [6, 6.07) is 0. The molecule has 1 aliphatic heterocycles. The predicted octanol–water partition coefficient (Wildman–Crippen LogP) is 1.32. The van der Waals surface area contributed by atoms with Crippen LogP contribution in [0.4, 0.5) is 11.5 Å². The summed E-state index contributed by atoms with van der Waals surface area (Å²) >= 11 is 5.82. The third kappa shape index (κ3) is 2.48. The molecule has 7 heteroatoms. The van der Waals surface area contributed by atoms with E-state index < -0.39 is 5.97 Å². The van der Waals surface area contributed by atoms with Gasteiger partial charge < -0.3 is 15.7 Å². The van der Waals surface area contributed by atoms with Crippen LogP contribution in [-0.4, -0.2) is 34.1 Å². The number of hydrogen-bond acceptors (Lipinski definition) is 5. The largest absolute Gasteiger partial charge is 0.481 e. The highest BCUT2D eigenvalue weighted by Crippen LogP contribution is 2.28. The van der Waals surface area contributed by atoms with Crippen molar-refractivity contribution in [2.75, 3.05) is 23.7 Å². The van der Waals surface area contributed by atoms with Crippen LogP contribution in [0.3, 0.4) is 0 Å². The Kier molecular flexibility index (Phi) is 3.56. The molecule has 0 spiro atoms. The first-order valence-electron chi connectivity index (χ1n) is 5.76. The van der Waals surface area contributed by atoms with Gasteiger partial charge in [0.05, 0.1) is 17.3 Å². The monoisotopic (exact) mass is 270 g/mol. The summed E-state index contributed by atoms with van der Waals surface area (Å²) in [6.07, 6.45) is 1.19. The number of carboxylic acid groups (broad SMARTS) is 1. The minimum Gasteiger partial charge on any atom is -0.481 e. The lowest BCUT2D eigenvalue weighted by Crippen LogP contribution is -2.37. The molecule has 0 unspecified atom stereocenters. The quantitative estimate of drug-likeness (QED) is 0.788. The molecule has 0 radical (unpaired) electrons. The van der Waals surface area contributed by atoms with Crippen molar-refractivity contribution in [3.63, 3.8) is 0 Å². The molecule has 2 heterocycles. The topological polar surface area (TPSA) is 92.3 Å². The van der Waals surface area contributed by atoms with E-state index in [0.29, 0.717) is 43.1 Å². The maximum Gasteiger partial charge on any atom is 0.306 e. The summed E-state index contributed by atoms with van der Waals surface area (Å²) in [7, 11) is 0. The number of hydrogen-bond donors (Lipinski definition) is 2. The van der Waals surface area contributed by atoms with Gasteiger partial charge in [-0.05, 0) is 31.4 Å². The zero-order valence-electron chi connectivity index (χ0n) is 10.1. The van der Waals surface area contributed by atoms with E-state index in [9.17, 15) is 4.79 Å². The molecule has 1 aromatic heterocycles. The van der Waals surface area contributed by atoms with Gasteiger partial charge in [0.1, 0.15) is 0 Å². The Morgan fingerprint density at radius 1 is 1.44 bits per heavy atom. The van der Waals surface area contributed by atoms with E-state index in [0.717, 1.165) is 0 Å². The fraction of sp³-hybridized carbons (Fsp3) is 0.545. The minimum absolute atomic E-state index is 0.164. The maximum absolute atomic E-state index is 10.9. The molecule has 6 nitrogen and oxygen atoms in total. The molecule has 98 valence electrons. The molecule has 18 heavy (non-hydrogen) atoms. The lowest BCUT2D eigenvalue weighted by atomic mass is 9.97. The van der Waals surface area contributed by atoms with Crippen molar-refractivity contribution >= 4 is 29.1 Å². The smallest absolute Gasteiger partial charge is 0.306 e. The molecule has 0 amide bonds. The second-order valence-corrected chi connectivity index (χ2v) is 4.75. The summed E-state index contributed by atoms with van der Waals surface area (Å²) in [5.74, 6) is -0.406. The van der Waals surface area contributed by atoms with Gasteiger partial charge >= 0.3 is 5.97 Å². The third-order valence-corrected chi connectivity index (χ3v) is 3.40. The Bertz CT molecular complexity index is 472. The van der Waals surface area contributed by atoms with Gasteiger partial charge in [-0.3, -0.25) is 4.79 Å². The van der Waals surface area contributed by atoms with Gasteiger partial charge in [0, 0.05) is 13.1 Å². The van der Waals surface area contributed by atoms with Crippen molar-refractivity contribution in [3.05, 3.63) is 11.0 Å². The van der Waals surface area contributed by atoms with E-state index >= 15 is 0 Å². The number of nitrogens with zero attached hydrogens (tertiary/aromatic N) is 3. The Morgan fingerprint density at radius 2 is 2.06 bits per heavy atom. The molecule has 1 saturated heterocycles. The van der Waals surface area contributed by atoms with Crippen molar-refractivity contribution < 1.29 is 9.90 Å². The maximum atomic E-state index is 10.9. The Labute approximate surface area is 110 Å². The zero-order valence-corrected chi connectivity index (χ0v) is 10.8. The average Bonchev–Trinajstić information content (AvgIpc) is 2.34. The molecule has 0 bridgehead atoms. The van der Waals surface area contributed by atoms with Gasteiger partial charge in [0.15, 0.2) is 5.82 Å². The van der Waals surface area contributed by atoms with Crippen LogP contribution in [0.2, 0.25) is 5.28 Å². The van der Waals surface area contributed by atoms with Crippen molar-refractivity contribution in [2.45, 2.75) is 19.8 Å². The number of aliphatic carboxylic acids is 1. The first-order chi connectivity index (χ1) is 8.49. The second-order valence-electron chi connectivity index (χ2n) is 4.41. The number of halogens is 1. The highest BCUT2D eigenvalue weighted by molar-refractivity contribution is 6.28. The summed E-state index contributed by atoms with van der Waals surface area (Å²) in [6.45, 7) is 3.01. The van der Waals surface area contributed by atoms with Crippen LogP contribution in [0.5, 0.6) is 0 Å². The molecule has 2 rings (SSSR count). The number of anilines is 2. The SMILES string of the molecule is Cc1nc(Cl)nc(N2CCC(C(=O)O)CC2)c1N. The van der Waals surface area contributed by atoms with Gasteiger partial charge in [-0.1, -0.05) is 0 Å². The first kappa shape index (κ1) is 12.9. The first-order valence-corrected chi connectivity index (χ1v) is 6.14. The standard InChI is InChI=1S/C11H15ClN4O2/c1-6-8(13)9(15-11(12)14-6)16-4-2-7(3-5-16)10(17)18/h7H,2-5,13H2,1H3,(H,17,18). The molecule has 0 atom stereocenters. The summed E-state index contributed by atoms with van der Waals surface area (Å²) in [4.78, 5) is 21.0. The van der Waals surface area contributed by atoms with Crippen molar-refractivity contribution in [3.8, 4) is 0 Å². The van der Waals surface area contributed by atoms with E-state index in [1.54, 1.807) is 6.92 Å². The molecular weight excluding hydrogens is 256 g/mol. The van der Waals surface area contributed by atoms with E-state index in [2.05, 4.69) is 9.97 Å². The average molecular weight is 271 g/mol. The number of rotatable bonds is 2. The molecule has 1 aliphatic rings. The fourth-order valence-corrected chi connectivity index (χ4v) is 2.32. The van der Waals surface area contributed by atoms with Crippen molar-refractivity contribution in [1.29, 1.82) is 0 Å². The molecule has 0 aliphatic carbocycles. The Morgan fingerprint density at radius 3 is 2.61 bits per heavy atom. The number of nitrogens with two attached hydrogens (primary N) is 1. The van der Waals surface area contributed by atoms with Crippen LogP contribution >= 0.6 is 11.6 Å². The van der Waals surface area contributed by atoms with Gasteiger partial charge in [-0.15, -0.1) is 0 Å². The van der Waals surface area contributed by atoms with Crippen LogP contribution in [0.25, 0.3) is 0 Å². The van der Waals surface area contributed by atoms with E-state index in [-0.39, 0.29) is 11.2 Å². The fourth-order valence-electron chi connectivity index (χ4n) is 2.11. The highest BCUT2D eigenvalue weighted by atomic mass is 35.5. The Balaban J connectivity index is 2.17. The molecule has 1 aromatic rings. The van der Waals surface area contributed by atoms with Crippen molar-refractivity contribution in [2.24, 2.45) is 5.92 Å². The lowest BCUT2D eigenvalue weighted by Gasteiger charge is -2.31. The van der Waals surface area contributed by atoms with Crippen LogP contribution in [0.1, 0.15) is 18.5 Å². The normalized spacial score (nSPS) is 16.9. The molecule has 0 aromatic carbocycles. The summed E-state index contributed by atoms with van der Waals surface area (Å²) in [5, 5.41) is 9.11. The van der Waals surface area contributed by atoms with E-state index in [4.69, 9.17) is 22.4 Å². The second kappa shape index (κ2) is 4.97. The van der Waals surface area contributed by atoms with Gasteiger partial charge in [-0.2, -0.15) is 4.98 Å². The van der Waals surface area contributed by atoms with Crippen LogP contribution in [0.15, 0.2) is 0 Å². The summed E-state index contributed by atoms with van der Waals surface area (Å²) < 4.78 is 0. The van der Waals surface area contributed by atoms with Crippen LogP contribution in [0, 0.1) is 12.8 Å². The lowest BCUT2D eigenvalue weighted by molar-refractivity contribution is -0.142. The molecule has 1 fully saturated rings. The molecular formula is C11H15ClN4O2. The zero-order chi connectivity index (χ0) is 13.3. The van der Waals surface area contributed by atoms with Gasteiger partial charge in [0.25, 0.3) is 0 Å². The van der Waals surface area contributed by atoms with Crippen LogP contribution < -0.4 is 10.6 Å². The number of aromatic nitrogens is 2. The number of nitrogen functional groups attached to an aromatic ring is 1. The van der Waals surface area contributed by atoms with E-state index in [1.165, 1.54) is 0 Å². The van der Waals surface area contributed by atoms with Crippen LogP contribution in [-0.2, 0) is 4.79 Å². The highest BCUT2D eigenvalue weighted by Gasteiger charge is 2.26. The predicted molar refractivity (Wildman–Crippen MR) is 68.8 cm³/mol.